The fourth-order valence-corrected chi connectivity index (χ4v) is 2.28. The number of hydrogen-bond acceptors (Lipinski definition) is 4. The van der Waals surface area contributed by atoms with Crippen LogP contribution in [0.4, 0.5) is 5.69 Å². The van der Waals surface area contributed by atoms with E-state index < -0.39 is 11.7 Å². The van der Waals surface area contributed by atoms with E-state index >= 15 is 0 Å². The molecule has 1 aromatic carbocycles. The molecule has 2 rings (SSSR count). The highest BCUT2D eigenvalue weighted by Crippen LogP contribution is 2.24. The molecule has 0 aliphatic heterocycles. The molecular formula is C16H21ClN2O3. The highest BCUT2D eigenvalue weighted by Gasteiger charge is 2.17. The first-order chi connectivity index (χ1) is 9.88. The molecule has 6 heteroatoms. The Kier molecular flexibility index (Phi) is 6.14. The van der Waals surface area contributed by atoms with Crippen LogP contribution >= 0.6 is 12.4 Å². The number of aryl methyl sites for hydroxylation is 1. The van der Waals surface area contributed by atoms with Crippen LogP contribution in [0.15, 0.2) is 33.5 Å². The maximum absolute atomic E-state index is 12.1. The minimum atomic E-state index is -0.586. The van der Waals surface area contributed by atoms with Crippen molar-refractivity contribution in [2.24, 2.45) is 11.7 Å². The highest BCUT2D eigenvalue weighted by molar-refractivity contribution is 6.02. The topological polar surface area (TPSA) is 85.3 Å². The second-order valence-electron chi connectivity index (χ2n) is 5.66. The van der Waals surface area contributed by atoms with E-state index in [2.05, 4.69) is 5.32 Å². The molecule has 1 aromatic heterocycles. The van der Waals surface area contributed by atoms with Crippen molar-refractivity contribution in [1.29, 1.82) is 0 Å². The highest BCUT2D eigenvalue weighted by atomic mass is 35.5. The fourth-order valence-electron chi connectivity index (χ4n) is 2.28. The van der Waals surface area contributed by atoms with Gasteiger partial charge in [-0.1, -0.05) is 26.0 Å². The molecule has 0 spiro atoms. The Balaban J connectivity index is 0.00000242. The number of carbonyl (C=O) groups excluding carboxylic acids is 1. The van der Waals surface area contributed by atoms with Crippen LogP contribution in [0.25, 0.3) is 11.0 Å². The maximum atomic E-state index is 12.1. The van der Waals surface area contributed by atoms with Crippen molar-refractivity contribution >= 4 is 35.0 Å². The van der Waals surface area contributed by atoms with E-state index in [-0.39, 0.29) is 18.3 Å². The van der Waals surface area contributed by atoms with Crippen LogP contribution in [0.3, 0.4) is 0 Å². The molecule has 120 valence electrons. The van der Waals surface area contributed by atoms with Crippen LogP contribution in [-0.4, -0.2) is 11.9 Å². The summed E-state index contributed by atoms with van der Waals surface area (Å²) in [6, 6.07) is 6.19. The summed E-state index contributed by atoms with van der Waals surface area (Å²) in [6.45, 7) is 5.84. The van der Waals surface area contributed by atoms with Crippen LogP contribution < -0.4 is 16.7 Å². The average Bonchev–Trinajstić information content (AvgIpc) is 2.38. The molecule has 0 bridgehead atoms. The zero-order chi connectivity index (χ0) is 15.6. The zero-order valence-electron chi connectivity index (χ0n) is 12.9. The molecule has 5 nitrogen and oxygen atoms in total. The lowest BCUT2D eigenvalue weighted by Gasteiger charge is -2.15. The number of hydrogen-bond donors (Lipinski definition) is 2. The molecule has 22 heavy (non-hydrogen) atoms. The number of carbonyl (C=O) groups is 1. The first kappa shape index (κ1) is 18.2. The van der Waals surface area contributed by atoms with Crippen LogP contribution in [0, 0.1) is 12.8 Å². The van der Waals surface area contributed by atoms with Gasteiger partial charge in [-0.3, -0.25) is 4.79 Å². The predicted octanol–water partition coefficient (Wildman–Crippen LogP) is 2.84. The number of fused-ring (bicyclic) bond motifs is 1. The van der Waals surface area contributed by atoms with Gasteiger partial charge in [0.1, 0.15) is 0 Å². The lowest BCUT2D eigenvalue weighted by molar-refractivity contribution is -0.117. The van der Waals surface area contributed by atoms with Crippen molar-refractivity contribution in [1.82, 2.24) is 0 Å². The van der Waals surface area contributed by atoms with Gasteiger partial charge in [0, 0.05) is 11.5 Å². The summed E-state index contributed by atoms with van der Waals surface area (Å²) in [5.41, 5.74) is 7.09. The third-order valence-electron chi connectivity index (χ3n) is 3.30. The smallest absolute Gasteiger partial charge is 0.336 e. The van der Waals surface area contributed by atoms with E-state index in [1.807, 2.05) is 26.8 Å². The molecule has 2 aromatic rings. The summed E-state index contributed by atoms with van der Waals surface area (Å²) in [4.78, 5) is 23.6. The summed E-state index contributed by atoms with van der Waals surface area (Å²) >= 11 is 0. The summed E-state index contributed by atoms with van der Waals surface area (Å²) in [5.74, 6) is 0.0544. The quantitative estimate of drug-likeness (QED) is 0.847. The van der Waals surface area contributed by atoms with Gasteiger partial charge in [0.05, 0.1) is 11.7 Å². The SMILES string of the molecule is Cc1cc(=O)oc2c(NC(=O)[C@@H](N)CC(C)C)cccc12.Cl. The molecule has 3 N–H and O–H groups in total. The first-order valence-corrected chi connectivity index (χ1v) is 6.98. The Morgan fingerprint density at radius 1 is 1.36 bits per heavy atom. The number of halogens is 1. The van der Waals surface area contributed by atoms with Gasteiger partial charge in [0.25, 0.3) is 0 Å². The monoisotopic (exact) mass is 324 g/mol. The molecule has 0 saturated carbocycles. The third kappa shape index (κ3) is 4.08. The molecule has 0 unspecified atom stereocenters. The number of amides is 1. The van der Waals surface area contributed by atoms with Crippen LogP contribution in [0.5, 0.6) is 0 Å². The van der Waals surface area contributed by atoms with Gasteiger partial charge in [0.15, 0.2) is 5.58 Å². The summed E-state index contributed by atoms with van der Waals surface area (Å²) in [5, 5.41) is 3.54. The van der Waals surface area contributed by atoms with Gasteiger partial charge in [-0.25, -0.2) is 4.79 Å². The molecule has 0 aliphatic rings. The third-order valence-corrected chi connectivity index (χ3v) is 3.30. The molecule has 0 aliphatic carbocycles. The number of para-hydroxylation sites is 1. The van der Waals surface area contributed by atoms with Crippen molar-refractivity contribution in [3.8, 4) is 0 Å². The van der Waals surface area contributed by atoms with Crippen molar-refractivity contribution in [3.05, 3.63) is 40.2 Å². The number of benzene rings is 1. The van der Waals surface area contributed by atoms with Crippen molar-refractivity contribution in [3.63, 3.8) is 0 Å². The first-order valence-electron chi connectivity index (χ1n) is 6.98. The second-order valence-corrected chi connectivity index (χ2v) is 5.66. The van der Waals surface area contributed by atoms with E-state index in [0.717, 1.165) is 10.9 Å². The molecule has 0 saturated heterocycles. The van der Waals surface area contributed by atoms with Gasteiger partial charge in [-0.05, 0) is 30.9 Å². The number of anilines is 1. The second kappa shape index (κ2) is 7.42. The number of rotatable bonds is 4. The lowest BCUT2D eigenvalue weighted by atomic mass is 10.0. The largest absolute Gasteiger partial charge is 0.420 e. The molecular weight excluding hydrogens is 304 g/mol. The van der Waals surface area contributed by atoms with E-state index in [4.69, 9.17) is 10.2 Å². The molecule has 1 amide bonds. The van der Waals surface area contributed by atoms with E-state index in [1.165, 1.54) is 6.07 Å². The zero-order valence-corrected chi connectivity index (χ0v) is 13.7. The Morgan fingerprint density at radius 3 is 2.68 bits per heavy atom. The Labute approximate surface area is 135 Å². The van der Waals surface area contributed by atoms with Gasteiger partial charge < -0.3 is 15.5 Å². The van der Waals surface area contributed by atoms with E-state index in [0.29, 0.717) is 23.6 Å². The van der Waals surface area contributed by atoms with Gasteiger partial charge in [-0.2, -0.15) is 0 Å². The fraction of sp³-hybridized carbons (Fsp3) is 0.375. The standard InChI is InChI=1S/C16H20N2O3.ClH/c1-9(2)7-12(17)16(20)18-13-6-4-5-11-10(3)8-14(19)21-15(11)13;/h4-6,8-9,12H,7,17H2,1-3H3,(H,18,20);1H/t12-;/m0./s1. The normalized spacial score (nSPS) is 12.0. The van der Waals surface area contributed by atoms with Crippen molar-refractivity contribution < 1.29 is 9.21 Å². The van der Waals surface area contributed by atoms with Crippen LogP contribution in [-0.2, 0) is 4.79 Å². The summed E-state index contributed by atoms with van der Waals surface area (Å²) < 4.78 is 5.22. The predicted molar refractivity (Wildman–Crippen MR) is 90.5 cm³/mol. The molecule has 0 radical (unpaired) electrons. The van der Waals surface area contributed by atoms with E-state index in [9.17, 15) is 9.59 Å². The Bertz CT molecular complexity index is 725. The van der Waals surface area contributed by atoms with Crippen molar-refractivity contribution in [2.45, 2.75) is 33.2 Å². The van der Waals surface area contributed by atoms with Gasteiger partial charge in [0.2, 0.25) is 5.91 Å². The Morgan fingerprint density at radius 2 is 2.05 bits per heavy atom. The summed E-state index contributed by atoms with van der Waals surface area (Å²) in [6.07, 6.45) is 0.597. The molecule has 1 atom stereocenters. The summed E-state index contributed by atoms with van der Waals surface area (Å²) in [7, 11) is 0. The van der Waals surface area contributed by atoms with E-state index in [1.54, 1.807) is 12.1 Å². The van der Waals surface area contributed by atoms with Gasteiger partial charge in [-0.15, -0.1) is 12.4 Å². The van der Waals surface area contributed by atoms with Crippen LogP contribution in [0.2, 0.25) is 0 Å². The average molecular weight is 325 g/mol. The Hall–Kier alpha value is -1.85. The number of nitrogens with one attached hydrogen (secondary N) is 1. The maximum Gasteiger partial charge on any atom is 0.336 e. The molecule has 1 heterocycles. The van der Waals surface area contributed by atoms with Gasteiger partial charge >= 0.3 is 5.63 Å². The number of nitrogens with two attached hydrogens (primary N) is 1. The minimum Gasteiger partial charge on any atom is -0.420 e. The van der Waals surface area contributed by atoms with Crippen LogP contribution in [0.1, 0.15) is 25.8 Å². The molecule has 0 fully saturated rings. The minimum absolute atomic E-state index is 0. The lowest BCUT2D eigenvalue weighted by Crippen LogP contribution is -2.36. The van der Waals surface area contributed by atoms with Crippen molar-refractivity contribution in [2.75, 3.05) is 5.32 Å².